The summed E-state index contributed by atoms with van der Waals surface area (Å²) in [4.78, 5) is 15.2. The number of nitrogens with one attached hydrogen (secondary N) is 1. The summed E-state index contributed by atoms with van der Waals surface area (Å²) in [5.41, 5.74) is 0.361. The fraction of sp³-hybridized carbons (Fsp3) is 0.462. The maximum absolute atomic E-state index is 11.1. The molecule has 2 atom stereocenters. The molecule has 100 valence electrons. The van der Waals surface area contributed by atoms with E-state index < -0.39 is 5.97 Å². The monoisotopic (exact) mass is 279 g/mol. The van der Waals surface area contributed by atoms with Crippen LogP contribution in [0.1, 0.15) is 24.8 Å². The van der Waals surface area contributed by atoms with Crippen molar-refractivity contribution >= 4 is 23.4 Å². The molecule has 0 bridgehead atoms. The van der Waals surface area contributed by atoms with Gasteiger partial charge in [-0.15, -0.1) is 0 Å². The van der Waals surface area contributed by atoms with Gasteiger partial charge in [0.05, 0.1) is 11.5 Å². The molecule has 0 aromatic carbocycles. The van der Waals surface area contributed by atoms with Gasteiger partial charge in [-0.05, 0) is 24.8 Å². The number of aliphatic carboxylic acids is 1. The summed E-state index contributed by atoms with van der Waals surface area (Å²) in [5, 5.41) is 21.3. The van der Waals surface area contributed by atoms with Crippen LogP contribution in [0.5, 0.6) is 0 Å². The number of carbonyl (C=O) groups is 1. The van der Waals surface area contributed by atoms with Crippen LogP contribution < -0.4 is 5.32 Å². The van der Waals surface area contributed by atoms with Gasteiger partial charge < -0.3 is 10.4 Å². The number of nitriles is 1. The van der Waals surface area contributed by atoms with Gasteiger partial charge in [-0.25, -0.2) is 4.98 Å². The van der Waals surface area contributed by atoms with Crippen molar-refractivity contribution in [2.75, 3.05) is 11.9 Å². The Hall–Kier alpha value is -1.80. The van der Waals surface area contributed by atoms with E-state index in [9.17, 15) is 4.79 Å². The van der Waals surface area contributed by atoms with E-state index in [0.717, 1.165) is 19.3 Å². The molecule has 1 fully saturated rings. The molecule has 1 aromatic rings. The van der Waals surface area contributed by atoms with Crippen LogP contribution in [0, 0.1) is 23.2 Å². The molecule has 1 aromatic heterocycles. The summed E-state index contributed by atoms with van der Waals surface area (Å²) in [6.45, 7) is 0.512. The minimum atomic E-state index is -0.742. The first-order valence-electron chi connectivity index (χ1n) is 6.14. The summed E-state index contributed by atoms with van der Waals surface area (Å²) in [7, 11) is 0. The second kappa shape index (κ2) is 5.89. The predicted octanol–water partition coefficient (Wildman–Crippen LogP) is 2.52. The number of hydrogen-bond donors (Lipinski definition) is 2. The van der Waals surface area contributed by atoms with Gasteiger partial charge in [0.1, 0.15) is 16.9 Å². The van der Waals surface area contributed by atoms with Crippen molar-refractivity contribution in [3.63, 3.8) is 0 Å². The van der Waals surface area contributed by atoms with Gasteiger partial charge >= 0.3 is 5.97 Å². The SMILES string of the molecule is N#Cc1ccnc(NCC2CCCC2C(=O)O)c1Cl. The molecule has 5 nitrogen and oxygen atoms in total. The molecule has 1 aliphatic rings. The Labute approximate surface area is 116 Å². The first-order valence-corrected chi connectivity index (χ1v) is 6.52. The number of carboxylic acid groups (broad SMARTS) is 1. The smallest absolute Gasteiger partial charge is 0.306 e. The summed E-state index contributed by atoms with van der Waals surface area (Å²) in [5.74, 6) is -0.516. The van der Waals surface area contributed by atoms with Crippen molar-refractivity contribution in [1.82, 2.24) is 4.98 Å². The Bertz CT molecular complexity index is 527. The number of halogens is 1. The Kier molecular flexibility index (Phi) is 4.23. The van der Waals surface area contributed by atoms with Crippen molar-refractivity contribution in [2.24, 2.45) is 11.8 Å². The zero-order valence-electron chi connectivity index (χ0n) is 10.3. The van der Waals surface area contributed by atoms with E-state index in [0.29, 0.717) is 17.9 Å². The van der Waals surface area contributed by atoms with Crippen molar-refractivity contribution in [3.8, 4) is 6.07 Å². The lowest BCUT2D eigenvalue weighted by Crippen LogP contribution is -2.24. The first-order chi connectivity index (χ1) is 9.13. The predicted molar refractivity (Wildman–Crippen MR) is 70.9 cm³/mol. The van der Waals surface area contributed by atoms with Crippen molar-refractivity contribution < 1.29 is 9.90 Å². The van der Waals surface area contributed by atoms with Gasteiger partial charge in [-0.2, -0.15) is 5.26 Å². The highest BCUT2D eigenvalue weighted by Gasteiger charge is 2.32. The Morgan fingerprint density at radius 2 is 2.42 bits per heavy atom. The minimum absolute atomic E-state index is 0.0844. The van der Waals surface area contributed by atoms with E-state index in [1.54, 1.807) is 6.07 Å². The summed E-state index contributed by atoms with van der Waals surface area (Å²) < 4.78 is 0. The Morgan fingerprint density at radius 1 is 1.63 bits per heavy atom. The van der Waals surface area contributed by atoms with E-state index in [1.807, 2.05) is 6.07 Å². The van der Waals surface area contributed by atoms with Gasteiger partial charge in [0.25, 0.3) is 0 Å². The highest BCUT2D eigenvalue weighted by molar-refractivity contribution is 6.34. The fourth-order valence-corrected chi connectivity index (χ4v) is 2.71. The van der Waals surface area contributed by atoms with Crippen molar-refractivity contribution in [3.05, 3.63) is 22.8 Å². The molecule has 1 heterocycles. The quantitative estimate of drug-likeness (QED) is 0.884. The third-order valence-electron chi connectivity index (χ3n) is 3.52. The molecule has 2 rings (SSSR count). The normalized spacial score (nSPS) is 21.9. The second-order valence-corrected chi connectivity index (χ2v) is 5.03. The van der Waals surface area contributed by atoms with Crippen LogP contribution in [0.15, 0.2) is 12.3 Å². The molecule has 0 spiro atoms. The molecule has 0 saturated heterocycles. The summed E-state index contributed by atoms with van der Waals surface area (Å²) in [6.07, 6.45) is 4.05. The van der Waals surface area contributed by atoms with Gasteiger partial charge in [-0.1, -0.05) is 18.0 Å². The lowest BCUT2D eigenvalue weighted by atomic mass is 9.96. The van der Waals surface area contributed by atoms with Crippen molar-refractivity contribution in [2.45, 2.75) is 19.3 Å². The third-order valence-corrected chi connectivity index (χ3v) is 3.90. The molecule has 0 amide bonds. The highest BCUT2D eigenvalue weighted by Crippen LogP contribution is 2.32. The van der Waals surface area contributed by atoms with E-state index in [2.05, 4.69) is 10.3 Å². The molecular weight excluding hydrogens is 266 g/mol. The Morgan fingerprint density at radius 3 is 3.11 bits per heavy atom. The molecule has 2 unspecified atom stereocenters. The number of aromatic nitrogens is 1. The lowest BCUT2D eigenvalue weighted by Gasteiger charge is -2.17. The van der Waals surface area contributed by atoms with Crippen LogP contribution in [-0.4, -0.2) is 22.6 Å². The van der Waals surface area contributed by atoms with E-state index >= 15 is 0 Å². The fourth-order valence-electron chi connectivity index (χ4n) is 2.49. The maximum Gasteiger partial charge on any atom is 0.306 e. The number of rotatable bonds is 4. The van der Waals surface area contributed by atoms with Gasteiger partial charge in [-0.3, -0.25) is 4.79 Å². The molecular formula is C13H14ClN3O2. The van der Waals surface area contributed by atoms with E-state index in [4.69, 9.17) is 22.0 Å². The molecule has 0 radical (unpaired) electrons. The van der Waals surface area contributed by atoms with Crippen LogP contribution in [0.4, 0.5) is 5.82 Å². The number of anilines is 1. The second-order valence-electron chi connectivity index (χ2n) is 4.65. The minimum Gasteiger partial charge on any atom is -0.481 e. The van der Waals surface area contributed by atoms with Crippen molar-refractivity contribution in [1.29, 1.82) is 5.26 Å². The number of carboxylic acids is 1. The average Bonchev–Trinajstić information content (AvgIpc) is 2.86. The van der Waals surface area contributed by atoms with E-state index in [1.165, 1.54) is 6.20 Å². The zero-order valence-corrected chi connectivity index (χ0v) is 11.0. The molecule has 0 aliphatic heterocycles. The van der Waals surface area contributed by atoms with Crippen LogP contribution in [0.25, 0.3) is 0 Å². The lowest BCUT2D eigenvalue weighted by molar-refractivity contribution is -0.142. The Balaban J connectivity index is 2.03. The third kappa shape index (κ3) is 2.96. The summed E-state index contributed by atoms with van der Waals surface area (Å²) in [6, 6.07) is 3.53. The number of pyridine rings is 1. The van der Waals surface area contributed by atoms with Crippen LogP contribution in [0.3, 0.4) is 0 Å². The molecule has 6 heteroatoms. The van der Waals surface area contributed by atoms with Gasteiger partial charge in [0, 0.05) is 12.7 Å². The van der Waals surface area contributed by atoms with E-state index in [-0.39, 0.29) is 16.9 Å². The zero-order chi connectivity index (χ0) is 13.8. The largest absolute Gasteiger partial charge is 0.481 e. The molecule has 2 N–H and O–H groups in total. The molecule has 1 saturated carbocycles. The number of nitrogens with zero attached hydrogens (tertiary/aromatic N) is 2. The van der Waals surface area contributed by atoms with Gasteiger partial charge in [0.2, 0.25) is 0 Å². The maximum atomic E-state index is 11.1. The average molecular weight is 280 g/mol. The highest BCUT2D eigenvalue weighted by atomic mass is 35.5. The first kappa shape index (κ1) is 13.6. The van der Waals surface area contributed by atoms with Crippen LogP contribution in [-0.2, 0) is 4.79 Å². The van der Waals surface area contributed by atoms with Crippen LogP contribution in [0.2, 0.25) is 5.02 Å². The van der Waals surface area contributed by atoms with Crippen LogP contribution >= 0.6 is 11.6 Å². The number of hydrogen-bond acceptors (Lipinski definition) is 4. The summed E-state index contributed by atoms with van der Waals surface area (Å²) >= 11 is 6.03. The molecule has 19 heavy (non-hydrogen) atoms. The van der Waals surface area contributed by atoms with Gasteiger partial charge in [0.15, 0.2) is 0 Å². The topological polar surface area (TPSA) is 86.0 Å². The molecule has 1 aliphatic carbocycles. The standard InChI is InChI=1S/C13H14ClN3O2/c14-11-8(6-15)4-5-16-12(11)17-7-9-2-1-3-10(9)13(18)19/h4-5,9-10H,1-3,7H2,(H,16,17)(H,18,19).